The van der Waals surface area contributed by atoms with Crippen molar-refractivity contribution in [3.05, 3.63) is 23.2 Å². The van der Waals surface area contributed by atoms with Crippen LogP contribution in [-0.4, -0.2) is 18.5 Å². The Hall–Kier alpha value is -0.760. The SMILES string of the molecule is Cc1coc2c1CN(C)CC2. The van der Waals surface area contributed by atoms with E-state index in [0.29, 0.717) is 0 Å². The van der Waals surface area contributed by atoms with Crippen LogP contribution >= 0.6 is 0 Å². The highest BCUT2D eigenvalue weighted by atomic mass is 16.3. The zero-order valence-electron chi connectivity index (χ0n) is 7.05. The van der Waals surface area contributed by atoms with Gasteiger partial charge in [-0.15, -0.1) is 0 Å². The first-order valence-corrected chi connectivity index (χ1v) is 4.02. The van der Waals surface area contributed by atoms with Gasteiger partial charge in [0, 0.05) is 25.1 Å². The summed E-state index contributed by atoms with van der Waals surface area (Å²) < 4.78 is 5.41. The fraction of sp³-hybridized carbons (Fsp3) is 0.556. The largest absolute Gasteiger partial charge is 0.469 e. The molecular weight excluding hydrogens is 138 g/mol. The third-order valence-corrected chi connectivity index (χ3v) is 2.34. The molecule has 0 atom stereocenters. The molecule has 2 rings (SSSR count). The molecule has 60 valence electrons. The summed E-state index contributed by atoms with van der Waals surface area (Å²) in [5.74, 6) is 1.20. The second-order valence-corrected chi connectivity index (χ2v) is 3.31. The quantitative estimate of drug-likeness (QED) is 0.559. The second-order valence-electron chi connectivity index (χ2n) is 3.31. The topological polar surface area (TPSA) is 16.4 Å². The predicted molar refractivity (Wildman–Crippen MR) is 43.5 cm³/mol. The Morgan fingerprint density at radius 2 is 2.36 bits per heavy atom. The van der Waals surface area contributed by atoms with Crippen LogP contribution in [-0.2, 0) is 13.0 Å². The molecule has 0 N–H and O–H groups in total. The molecule has 0 spiro atoms. The minimum atomic E-state index is 1.05. The van der Waals surface area contributed by atoms with Gasteiger partial charge in [0.15, 0.2) is 0 Å². The minimum absolute atomic E-state index is 1.05. The van der Waals surface area contributed by atoms with Crippen molar-refractivity contribution < 1.29 is 4.42 Å². The summed E-state index contributed by atoms with van der Waals surface area (Å²) in [5.41, 5.74) is 2.70. The van der Waals surface area contributed by atoms with Gasteiger partial charge in [-0.3, -0.25) is 0 Å². The molecule has 1 aromatic heterocycles. The summed E-state index contributed by atoms with van der Waals surface area (Å²) in [6.07, 6.45) is 2.93. The third-order valence-electron chi connectivity index (χ3n) is 2.34. The van der Waals surface area contributed by atoms with Gasteiger partial charge < -0.3 is 9.32 Å². The molecule has 0 saturated carbocycles. The summed E-state index contributed by atoms with van der Waals surface area (Å²) in [5, 5.41) is 0. The van der Waals surface area contributed by atoms with Crippen LogP contribution < -0.4 is 0 Å². The highest BCUT2D eigenvalue weighted by molar-refractivity contribution is 5.28. The van der Waals surface area contributed by atoms with Crippen LogP contribution in [0.15, 0.2) is 10.7 Å². The number of rotatable bonds is 0. The molecule has 0 amide bonds. The smallest absolute Gasteiger partial charge is 0.109 e. The maximum Gasteiger partial charge on any atom is 0.109 e. The molecule has 0 fully saturated rings. The molecule has 1 aromatic rings. The summed E-state index contributed by atoms with van der Waals surface area (Å²) in [4.78, 5) is 2.32. The summed E-state index contributed by atoms with van der Waals surface area (Å²) in [7, 11) is 2.15. The van der Waals surface area contributed by atoms with Crippen LogP contribution in [0.1, 0.15) is 16.9 Å². The van der Waals surface area contributed by atoms with Gasteiger partial charge in [-0.25, -0.2) is 0 Å². The fourth-order valence-corrected chi connectivity index (χ4v) is 1.59. The number of hydrogen-bond acceptors (Lipinski definition) is 2. The number of fused-ring (bicyclic) bond motifs is 1. The highest BCUT2D eigenvalue weighted by Crippen LogP contribution is 2.22. The van der Waals surface area contributed by atoms with E-state index in [0.717, 1.165) is 19.5 Å². The minimum Gasteiger partial charge on any atom is -0.469 e. The summed E-state index contributed by atoms with van der Waals surface area (Å²) >= 11 is 0. The molecule has 0 saturated heterocycles. The first-order valence-electron chi connectivity index (χ1n) is 4.02. The van der Waals surface area contributed by atoms with Crippen molar-refractivity contribution in [3.8, 4) is 0 Å². The fourth-order valence-electron chi connectivity index (χ4n) is 1.59. The van der Waals surface area contributed by atoms with Gasteiger partial charge in [-0.1, -0.05) is 0 Å². The lowest BCUT2D eigenvalue weighted by Gasteiger charge is -2.21. The van der Waals surface area contributed by atoms with Crippen molar-refractivity contribution in [2.24, 2.45) is 0 Å². The Morgan fingerprint density at radius 1 is 1.55 bits per heavy atom. The zero-order chi connectivity index (χ0) is 7.84. The molecule has 2 nitrogen and oxygen atoms in total. The predicted octanol–water partition coefficient (Wildman–Crippen LogP) is 1.58. The Balaban J connectivity index is 2.37. The Labute approximate surface area is 66.8 Å². The lowest BCUT2D eigenvalue weighted by Crippen LogP contribution is -2.25. The van der Waals surface area contributed by atoms with E-state index in [1.54, 1.807) is 0 Å². The van der Waals surface area contributed by atoms with Crippen molar-refractivity contribution in [1.82, 2.24) is 4.90 Å². The number of likely N-dealkylation sites (N-methyl/N-ethyl adjacent to an activating group) is 1. The number of furan rings is 1. The average Bonchev–Trinajstić information content (AvgIpc) is 2.33. The molecule has 0 bridgehead atoms. The van der Waals surface area contributed by atoms with E-state index in [4.69, 9.17) is 4.42 Å². The van der Waals surface area contributed by atoms with Crippen LogP contribution in [0.3, 0.4) is 0 Å². The number of aryl methyl sites for hydroxylation is 1. The molecule has 2 heterocycles. The Kier molecular flexibility index (Phi) is 1.50. The molecule has 11 heavy (non-hydrogen) atoms. The molecule has 0 radical (unpaired) electrons. The van der Waals surface area contributed by atoms with Crippen molar-refractivity contribution in [2.75, 3.05) is 13.6 Å². The van der Waals surface area contributed by atoms with Gasteiger partial charge in [0.05, 0.1) is 6.26 Å². The first kappa shape index (κ1) is 6.92. The Morgan fingerprint density at radius 3 is 3.18 bits per heavy atom. The van der Waals surface area contributed by atoms with Crippen molar-refractivity contribution in [3.63, 3.8) is 0 Å². The lowest BCUT2D eigenvalue weighted by atomic mass is 10.1. The maximum atomic E-state index is 5.41. The van der Waals surface area contributed by atoms with Crippen LogP contribution in [0.25, 0.3) is 0 Å². The van der Waals surface area contributed by atoms with E-state index in [-0.39, 0.29) is 0 Å². The lowest BCUT2D eigenvalue weighted by molar-refractivity contribution is 0.293. The van der Waals surface area contributed by atoms with E-state index in [2.05, 4.69) is 18.9 Å². The third kappa shape index (κ3) is 1.07. The summed E-state index contributed by atoms with van der Waals surface area (Å²) in [6, 6.07) is 0. The van der Waals surface area contributed by atoms with Gasteiger partial charge in [0.2, 0.25) is 0 Å². The Bertz CT molecular complexity index is 265. The van der Waals surface area contributed by atoms with Crippen molar-refractivity contribution in [2.45, 2.75) is 19.9 Å². The van der Waals surface area contributed by atoms with E-state index in [1.165, 1.54) is 16.9 Å². The molecule has 0 aromatic carbocycles. The van der Waals surface area contributed by atoms with Gasteiger partial charge in [0.25, 0.3) is 0 Å². The zero-order valence-corrected chi connectivity index (χ0v) is 7.05. The van der Waals surface area contributed by atoms with E-state index >= 15 is 0 Å². The molecule has 1 aliphatic heterocycles. The van der Waals surface area contributed by atoms with E-state index in [9.17, 15) is 0 Å². The first-order chi connectivity index (χ1) is 5.27. The molecule has 2 heteroatoms. The van der Waals surface area contributed by atoms with Gasteiger partial charge in [-0.05, 0) is 19.5 Å². The normalized spacial score (nSPS) is 18.4. The maximum absolute atomic E-state index is 5.41. The second kappa shape index (κ2) is 2.38. The van der Waals surface area contributed by atoms with Crippen LogP contribution in [0.5, 0.6) is 0 Å². The van der Waals surface area contributed by atoms with Crippen LogP contribution in [0.4, 0.5) is 0 Å². The highest BCUT2D eigenvalue weighted by Gasteiger charge is 2.17. The van der Waals surface area contributed by atoms with Crippen LogP contribution in [0, 0.1) is 6.92 Å². The molecular formula is C9H13NO. The van der Waals surface area contributed by atoms with Crippen LogP contribution in [0.2, 0.25) is 0 Å². The summed E-state index contributed by atoms with van der Waals surface area (Å²) in [6.45, 7) is 4.29. The number of hydrogen-bond donors (Lipinski definition) is 0. The van der Waals surface area contributed by atoms with Crippen molar-refractivity contribution >= 4 is 0 Å². The molecule has 0 unspecified atom stereocenters. The van der Waals surface area contributed by atoms with Crippen molar-refractivity contribution in [1.29, 1.82) is 0 Å². The van der Waals surface area contributed by atoms with Gasteiger partial charge in [-0.2, -0.15) is 0 Å². The standard InChI is InChI=1S/C9H13NO/c1-7-6-11-9-3-4-10(2)5-8(7)9/h6H,3-5H2,1-2H3. The van der Waals surface area contributed by atoms with E-state index < -0.39 is 0 Å². The molecule has 0 aliphatic carbocycles. The molecule has 1 aliphatic rings. The average molecular weight is 151 g/mol. The number of nitrogens with zero attached hydrogens (tertiary/aromatic N) is 1. The van der Waals surface area contributed by atoms with Gasteiger partial charge >= 0.3 is 0 Å². The monoisotopic (exact) mass is 151 g/mol. The van der Waals surface area contributed by atoms with Gasteiger partial charge in [0.1, 0.15) is 5.76 Å². The van der Waals surface area contributed by atoms with E-state index in [1.807, 2.05) is 6.26 Å².